The molecule has 0 aliphatic carbocycles. The number of benzene rings is 2. The topological polar surface area (TPSA) is 72.5 Å². The van der Waals surface area contributed by atoms with Crippen molar-refractivity contribution in [1.82, 2.24) is 0 Å². The lowest BCUT2D eigenvalue weighted by Crippen LogP contribution is -2.02. The van der Waals surface area contributed by atoms with E-state index in [0.717, 1.165) is 0 Å². The third kappa shape index (κ3) is 2.49. The van der Waals surface area contributed by atoms with Crippen molar-refractivity contribution in [1.29, 1.82) is 0 Å². The maximum absolute atomic E-state index is 13.9. The number of nitrogen functional groups attached to an aromatic ring is 1. The Labute approximate surface area is 109 Å². The van der Waals surface area contributed by atoms with Gasteiger partial charge in [0.1, 0.15) is 11.6 Å². The Morgan fingerprint density at radius 2 is 2.00 bits per heavy atom. The van der Waals surface area contributed by atoms with Gasteiger partial charge in [-0.3, -0.25) is 0 Å². The number of methoxy groups -OCH3 is 1. The first kappa shape index (κ1) is 12.9. The molecule has 19 heavy (non-hydrogen) atoms. The van der Waals surface area contributed by atoms with Crippen LogP contribution in [0.3, 0.4) is 0 Å². The molecule has 0 fully saturated rings. The molecule has 2 rings (SSSR count). The van der Waals surface area contributed by atoms with E-state index in [1.807, 2.05) is 0 Å². The SMILES string of the molecule is COc1ccc(-c2ccc(N)c(C(=O)O)c2)c(F)c1. The molecule has 0 spiro atoms. The number of anilines is 1. The molecule has 0 amide bonds. The molecular weight excluding hydrogens is 249 g/mol. The summed E-state index contributed by atoms with van der Waals surface area (Å²) in [7, 11) is 1.44. The summed E-state index contributed by atoms with van der Waals surface area (Å²) in [6.45, 7) is 0. The van der Waals surface area contributed by atoms with Crippen molar-refractivity contribution in [2.45, 2.75) is 0 Å². The summed E-state index contributed by atoms with van der Waals surface area (Å²) in [5.41, 5.74) is 6.40. The number of carbonyl (C=O) groups is 1. The van der Waals surface area contributed by atoms with E-state index >= 15 is 0 Å². The predicted molar refractivity (Wildman–Crippen MR) is 69.8 cm³/mol. The van der Waals surface area contributed by atoms with Gasteiger partial charge >= 0.3 is 5.97 Å². The smallest absolute Gasteiger partial charge is 0.337 e. The molecule has 0 aliphatic rings. The summed E-state index contributed by atoms with van der Waals surface area (Å²) in [6, 6.07) is 8.75. The summed E-state index contributed by atoms with van der Waals surface area (Å²) in [5, 5.41) is 8.99. The fourth-order valence-corrected chi connectivity index (χ4v) is 1.77. The number of aromatic carboxylic acids is 1. The van der Waals surface area contributed by atoms with Crippen LogP contribution in [0, 0.1) is 5.82 Å². The van der Waals surface area contributed by atoms with Gasteiger partial charge in [-0.05, 0) is 29.8 Å². The predicted octanol–water partition coefficient (Wildman–Crippen LogP) is 2.78. The van der Waals surface area contributed by atoms with E-state index < -0.39 is 11.8 Å². The second-order valence-electron chi connectivity index (χ2n) is 3.95. The number of carboxylic acid groups (broad SMARTS) is 1. The molecule has 0 aliphatic heterocycles. The van der Waals surface area contributed by atoms with Crippen LogP contribution in [0.4, 0.5) is 10.1 Å². The van der Waals surface area contributed by atoms with Gasteiger partial charge in [0, 0.05) is 17.3 Å². The second-order valence-corrected chi connectivity index (χ2v) is 3.95. The standard InChI is InChI=1S/C14H12FNO3/c1-19-9-3-4-10(12(15)7-9)8-2-5-13(16)11(6-8)14(17)18/h2-7H,16H2,1H3,(H,17,18). The fourth-order valence-electron chi connectivity index (χ4n) is 1.77. The van der Waals surface area contributed by atoms with Crippen molar-refractivity contribution in [3.8, 4) is 16.9 Å². The van der Waals surface area contributed by atoms with Crippen LogP contribution in [0.1, 0.15) is 10.4 Å². The zero-order valence-electron chi connectivity index (χ0n) is 10.2. The van der Waals surface area contributed by atoms with Crippen molar-refractivity contribution >= 4 is 11.7 Å². The van der Waals surface area contributed by atoms with E-state index in [4.69, 9.17) is 15.6 Å². The minimum atomic E-state index is -1.15. The summed E-state index contributed by atoms with van der Waals surface area (Å²) in [5.74, 6) is -1.23. The van der Waals surface area contributed by atoms with E-state index in [-0.39, 0.29) is 11.3 Å². The van der Waals surface area contributed by atoms with Crippen LogP contribution in [0.15, 0.2) is 36.4 Å². The molecule has 0 unspecified atom stereocenters. The third-order valence-electron chi connectivity index (χ3n) is 2.77. The Kier molecular flexibility index (Phi) is 3.37. The first-order valence-corrected chi connectivity index (χ1v) is 5.49. The molecule has 2 aromatic carbocycles. The summed E-state index contributed by atoms with van der Waals surface area (Å²) < 4.78 is 18.8. The van der Waals surface area contributed by atoms with Crippen LogP contribution >= 0.6 is 0 Å². The minimum Gasteiger partial charge on any atom is -0.497 e. The number of hydrogen-bond acceptors (Lipinski definition) is 3. The first-order valence-electron chi connectivity index (χ1n) is 5.49. The maximum atomic E-state index is 13.9. The largest absolute Gasteiger partial charge is 0.497 e. The van der Waals surface area contributed by atoms with Crippen LogP contribution in [0.2, 0.25) is 0 Å². The molecule has 2 aromatic rings. The second kappa shape index (κ2) is 4.97. The highest BCUT2D eigenvalue weighted by molar-refractivity contribution is 5.95. The van der Waals surface area contributed by atoms with Crippen LogP contribution < -0.4 is 10.5 Å². The highest BCUT2D eigenvalue weighted by atomic mass is 19.1. The number of rotatable bonds is 3. The van der Waals surface area contributed by atoms with Crippen molar-refractivity contribution in [2.24, 2.45) is 0 Å². The molecule has 0 atom stereocenters. The van der Waals surface area contributed by atoms with E-state index in [9.17, 15) is 9.18 Å². The number of hydrogen-bond donors (Lipinski definition) is 2. The average Bonchev–Trinajstić information content (AvgIpc) is 2.39. The van der Waals surface area contributed by atoms with Gasteiger partial charge in [0.05, 0.1) is 12.7 Å². The van der Waals surface area contributed by atoms with Gasteiger partial charge in [-0.1, -0.05) is 6.07 Å². The molecule has 0 aromatic heterocycles. The zero-order valence-corrected chi connectivity index (χ0v) is 10.2. The van der Waals surface area contributed by atoms with Crippen LogP contribution in [0.5, 0.6) is 5.75 Å². The molecule has 0 radical (unpaired) electrons. The molecule has 98 valence electrons. The van der Waals surface area contributed by atoms with Gasteiger partial charge in [-0.15, -0.1) is 0 Å². The molecule has 0 bridgehead atoms. The lowest BCUT2D eigenvalue weighted by molar-refractivity contribution is 0.0698. The number of halogens is 1. The first-order chi connectivity index (χ1) is 9.02. The van der Waals surface area contributed by atoms with E-state index in [0.29, 0.717) is 16.9 Å². The van der Waals surface area contributed by atoms with Gasteiger partial charge in [-0.2, -0.15) is 0 Å². The Morgan fingerprint density at radius 1 is 1.26 bits per heavy atom. The van der Waals surface area contributed by atoms with Crippen LogP contribution in [-0.2, 0) is 0 Å². The number of nitrogens with two attached hydrogens (primary N) is 1. The molecule has 3 N–H and O–H groups in total. The number of ether oxygens (including phenoxy) is 1. The molecular formula is C14H12FNO3. The molecule has 0 saturated heterocycles. The molecule has 4 nitrogen and oxygen atoms in total. The van der Waals surface area contributed by atoms with Crippen molar-refractivity contribution in [3.05, 3.63) is 47.8 Å². The fraction of sp³-hybridized carbons (Fsp3) is 0.0714. The van der Waals surface area contributed by atoms with Gasteiger partial charge in [-0.25, -0.2) is 9.18 Å². The highest BCUT2D eigenvalue weighted by Gasteiger charge is 2.12. The Balaban J connectivity index is 2.53. The Morgan fingerprint density at radius 3 is 2.58 bits per heavy atom. The molecule has 0 heterocycles. The number of carboxylic acids is 1. The molecule has 5 heteroatoms. The van der Waals surface area contributed by atoms with Crippen molar-refractivity contribution in [3.63, 3.8) is 0 Å². The summed E-state index contributed by atoms with van der Waals surface area (Å²) in [4.78, 5) is 11.0. The lowest BCUT2D eigenvalue weighted by Gasteiger charge is -2.08. The van der Waals surface area contributed by atoms with Crippen LogP contribution in [-0.4, -0.2) is 18.2 Å². The Hall–Kier alpha value is -2.56. The van der Waals surface area contributed by atoms with Crippen molar-refractivity contribution < 1.29 is 19.0 Å². The van der Waals surface area contributed by atoms with Gasteiger partial charge in [0.15, 0.2) is 0 Å². The van der Waals surface area contributed by atoms with E-state index in [1.54, 1.807) is 12.1 Å². The maximum Gasteiger partial charge on any atom is 0.337 e. The van der Waals surface area contributed by atoms with Gasteiger partial charge < -0.3 is 15.6 Å². The van der Waals surface area contributed by atoms with E-state index in [1.165, 1.54) is 31.4 Å². The summed E-state index contributed by atoms with van der Waals surface area (Å²) in [6.07, 6.45) is 0. The minimum absolute atomic E-state index is 0.0484. The van der Waals surface area contributed by atoms with Crippen molar-refractivity contribution in [2.75, 3.05) is 12.8 Å². The normalized spacial score (nSPS) is 10.2. The Bertz CT molecular complexity index is 641. The monoisotopic (exact) mass is 261 g/mol. The zero-order chi connectivity index (χ0) is 14.0. The van der Waals surface area contributed by atoms with Crippen LogP contribution in [0.25, 0.3) is 11.1 Å². The quantitative estimate of drug-likeness (QED) is 0.833. The average molecular weight is 261 g/mol. The lowest BCUT2D eigenvalue weighted by atomic mass is 10.0. The van der Waals surface area contributed by atoms with Gasteiger partial charge in [0.25, 0.3) is 0 Å². The summed E-state index contributed by atoms with van der Waals surface area (Å²) >= 11 is 0. The molecule has 0 saturated carbocycles. The third-order valence-corrected chi connectivity index (χ3v) is 2.77. The van der Waals surface area contributed by atoms with Gasteiger partial charge in [0.2, 0.25) is 0 Å². The highest BCUT2D eigenvalue weighted by Crippen LogP contribution is 2.28. The van der Waals surface area contributed by atoms with E-state index in [2.05, 4.69) is 0 Å².